The number of thioether (sulfide) groups is 1. The molecule has 0 aromatic carbocycles. The fourth-order valence-electron chi connectivity index (χ4n) is 2.23. The molecule has 1 unspecified atom stereocenters. The average molecular weight is 338 g/mol. The number of sulfonamides is 1. The Balaban J connectivity index is 2.44. The fraction of sp³-hybridized carbons (Fsp3) is 0.833. The predicted octanol–water partition coefficient (Wildman–Crippen LogP) is 0.125. The number of carbonyl (C=O) groups is 2. The van der Waals surface area contributed by atoms with E-state index in [0.29, 0.717) is 38.1 Å². The second-order valence-electron chi connectivity index (χ2n) is 4.82. The van der Waals surface area contributed by atoms with Crippen LogP contribution in [0.1, 0.15) is 26.2 Å². The van der Waals surface area contributed by atoms with Gasteiger partial charge in [-0.25, -0.2) is 8.42 Å². The van der Waals surface area contributed by atoms with E-state index in [4.69, 9.17) is 5.11 Å². The Bertz CT molecular complexity index is 466. The number of nitrogens with one attached hydrogen (secondary N) is 1. The molecule has 0 spiro atoms. The molecule has 0 bridgehead atoms. The van der Waals surface area contributed by atoms with Crippen LogP contribution in [0.5, 0.6) is 0 Å². The molecule has 1 aliphatic rings. The van der Waals surface area contributed by atoms with Gasteiger partial charge in [0.25, 0.3) is 0 Å². The van der Waals surface area contributed by atoms with E-state index in [2.05, 4.69) is 5.32 Å². The normalized spacial score (nSPS) is 19.6. The lowest BCUT2D eigenvalue weighted by molar-refractivity contribution is -0.133. The van der Waals surface area contributed by atoms with Gasteiger partial charge in [0.1, 0.15) is 6.04 Å². The van der Waals surface area contributed by atoms with E-state index in [1.54, 1.807) is 6.92 Å². The zero-order valence-electron chi connectivity index (χ0n) is 12.1. The molecule has 0 aromatic rings. The monoisotopic (exact) mass is 338 g/mol. The first-order valence-corrected chi connectivity index (χ1v) is 9.71. The average Bonchev–Trinajstić information content (AvgIpc) is 2.87. The Labute approximate surface area is 129 Å². The minimum absolute atomic E-state index is 0.00367. The lowest BCUT2D eigenvalue weighted by Gasteiger charge is -2.23. The molecule has 1 fully saturated rings. The summed E-state index contributed by atoms with van der Waals surface area (Å²) >= 11 is 1.21. The van der Waals surface area contributed by atoms with Crippen LogP contribution in [0.2, 0.25) is 0 Å². The summed E-state index contributed by atoms with van der Waals surface area (Å²) in [4.78, 5) is 22.4. The number of amides is 1. The van der Waals surface area contributed by atoms with E-state index >= 15 is 0 Å². The number of rotatable bonds is 9. The van der Waals surface area contributed by atoms with Gasteiger partial charge in [-0.15, -0.1) is 11.8 Å². The lowest BCUT2D eigenvalue weighted by Crippen LogP contribution is -2.47. The number of carboxylic acid groups (broad SMARTS) is 1. The SMILES string of the molecule is CCCS(=O)(=O)N1CCCC1C(=O)NCCSCC(=O)O. The third kappa shape index (κ3) is 5.84. The maximum absolute atomic E-state index is 12.1. The summed E-state index contributed by atoms with van der Waals surface area (Å²) in [6.45, 7) is 2.53. The van der Waals surface area contributed by atoms with Gasteiger partial charge in [0.15, 0.2) is 0 Å². The third-order valence-corrected chi connectivity index (χ3v) is 6.12. The second-order valence-corrected chi connectivity index (χ2v) is 7.97. The van der Waals surface area contributed by atoms with Crippen LogP contribution in [0.15, 0.2) is 0 Å². The van der Waals surface area contributed by atoms with Crippen LogP contribution < -0.4 is 5.32 Å². The number of hydrogen-bond donors (Lipinski definition) is 2. The number of carbonyl (C=O) groups excluding carboxylic acids is 1. The highest BCUT2D eigenvalue weighted by Crippen LogP contribution is 2.21. The fourth-order valence-corrected chi connectivity index (χ4v) is 4.55. The van der Waals surface area contributed by atoms with Crippen LogP contribution >= 0.6 is 11.8 Å². The van der Waals surface area contributed by atoms with Crippen molar-refractivity contribution in [1.29, 1.82) is 0 Å². The molecule has 0 aromatic heterocycles. The summed E-state index contributed by atoms with van der Waals surface area (Å²) in [6.07, 6.45) is 1.75. The molecule has 7 nitrogen and oxygen atoms in total. The van der Waals surface area contributed by atoms with Gasteiger partial charge in [-0.1, -0.05) is 6.92 Å². The van der Waals surface area contributed by atoms with Gasteiger partial charge in [-0.2, -0.15) is 4.31 Å². The van der Waals surface area contributed by atoms with Crippen molar-refractivity contribution in [1.82, 2.24) is 9.62 Å². The maximum Gasteiger partial charge on any atom is 0.313 e. The van der Waals surface area contributed by atoms with Crippen molar-refractivity contribution in [3.05, 3.63) is 0 Å². The van der Waals surface area contributed by atoms with Crippen LogP contribution in [-0.2, 0) is 19.6 Å². The molecule has 1 aliphatic heterocycles. The first-order valence-electron chi connectivity index (χ1n) is 6.95. The Hall–Kier alpha value is -0.800. The first-order chi connectivity index (χ1) is 9.88. The van der Waals surface area contributed by atoms with E-state index in [-0.39, 0.29) is 17.4 Å². The summed E-state index contributed by atoms with van der Waals surface area (Å²) in [6, 6.07) is -0.619. The molecule has 1 heterocycles. The standard InChI is InChI=1S/C12H22N2O5S2/c1-2-8-21(18,19)14-6-3-4-10(14)12(17)13-5-7-20-9-11(15)16/h10H,2-9H2,1H3,(H,13,17)(H,15,16). The maximum atomic E-state index is 12.1. The largest absolute Gasteiger partial charge is 0.481 e. The Morgan fingerprint density at radius 3 is 2.76 bits per heavy atom. The summed E-state index contributed by atoms with van der Waals surface area (Å²) in [5, 5.41) is 11.2. The summed E-state index contributed by atoms with van der Waals surface area (Å²) < 4.78 is 25.5. The van der Waals surface area contributed by atoms with Crippen LogP contribution in [0.25, 0.3) is 0 Å². The van der Waals surface area contributed by atoms with Gasteiger partial charge >= 0.3 is 5.97 Å². The summed E-state index contributed by atoms with van der Waals surface area (Å²) in [5.74, 6) is -0.629. The van der Waals surface area contributed by atoms with Crippen molar-refractivity contribution in [3.63, 3.8) is 0 Å². The molecule has 1 amide bonds. The molecule has 0 aliphatic carbocycles. The molecule has 1 rings (SSSR count). The quantitative estimate of drug-likeness (QED) is 0.579. The molecule has 122 valence electrons. The summed E-state index contributed by atoms with van der Waals surface area (Å²) in [7, 11) is -3.36. The first kappa shape index (κ1) is 18.2. The molecule has 0 saturated carbocycles. The molecule has 9 heteroatoms. The minimum Gasteiger partial charge on any atom is -0.481 e. The highest BCUT2D eigenvalue weighted by molar-refractivity contribution is 7.99. The van der Waals surface area contributed by atoms with Crippen LogP contribution in [-0.4, -0.2) is 66.1 Å². The number of aliphatic carboxylic acids is 1. The van der Waals surface area contributed by atoms with Gasteiger partial charge in [-0.05, 0) is 19.3 Å². The molecule has 1 saturated heterocycles. The Morgan fingerprint density at radius 2 is 2.14 bits per heavy atom. The van der Waals surface area contributed by atoms with E-state index in [1.165, 1.54) is 16.1 Å². The van der Waals surface area contributed by atoms with Crippen molar-refractivity contribution in [2.75, 3.05) is 30.3 Å². The Morgan fingerprint density at radius 1 is 1.43 bits per heavy atom. The van der Waals surface area contributed by atoms with Crippen LogP contribution in [0, 0.1) is 0 Å². The van der Waals surface area contributed by atoms with Gasteiger partial charge in [0.2, 0.25) is 15.9 Å². The number of carboxylic acids is 1. The molecule has 1 atom stereocenters. The van der Waals surface area contributed by atoms with Crippen molar-refractivity contribution >= 4 is 33.7 Å². The smallest absolute Gasteiger partial charge is 0.313 e. The van der Waals surface area contributed by atoms with E-state index in [9.17, 15) is 18.0 Å². The zero-order chi connectivity index (χ0) is 15.9. The van der Waals surface area contributed by atoms with E-state index in [1.807, 2.05) is 0 Å². The minimum atomic E-state index is -3.36. The van der Waals surface area contributed by atoms with Gasteiger partial charge < -0.3 is 10.4 Å². The van der Waals surface area contributed by atoms with Crippen molar-refractivity contribution in [2.45, 2.75) is 32.2 Å². The molecule has 21 heavy (non-hydrogen) atoms. The topological polar surface area (TPSA) is 104 Å². The van der Waals surface area contributed by atoms with Gasteiger partial charge in [0.05, 0.1) is 11.5 Å². The molecule has 0 radical (unpaired) electrons. The van der Waals surface area contributed by atoms with Gasteiger partial charge in [-0.3, -0.25) is 9.59 Å². The van der Waals surface area contributed by atoms with E-state index < -0.39 is 22.0 Å². The number of nitrogens with zero attached hydrogens (tertiary/aromatic N) is 1. The number of hydrogen-bond acceptors (Lipinski definition) is 5. The lowest BCUT2D eigenvalue weighted by atomic mass is 10.2. The van der Waals surface area contributed by atoms with Crippen molar-refractivity contribution in [3.8, 4) is 0 Å². The van der Waals surface area contributed by atoms with Gasteiger partial charge in [0, 0.05) is 18.8 Å². The van der Waals surface area contributed by atoms with Crippen LogP contribution in [0.3, 0.4) is 0 Å². The molecular formula is C12H22N2O5S2. The van der Waals surface area contributed by atoms with Crippen molar-refractivity contribution in [2.24, 2.45) is 0 Å². The highest BCUT2D eigenvalue weighted by atomic mass is 32.2. The summed E-state index contributed by atoms with van der Waals surface area (Å²) in [5.41, 5.74) is 0. The van der Waals surface area contributed by atoms with Crippen molar-refractivity contribution < 1.29 is 23.1 Å². The zero-order valence-corrected chi connectivity index (χ0v) is 13.7. The van der Waals surface area contributed by atoms with Crippen LogP contribution in [0.4, 0.5) is 0 Å². The third-order valence-electron chi connectivity index (χ3n) is 3.10. The molecular weight excluding hydrogens is 316 g/mol. The van der Waals surface area contributed by atoms with E-state index in [0.717, 1.165) is 0 Å². The second kappa shape index (κ2) is 8.60. The predicted molar refractivity (Wildman–Crippen MR) is 81.8 cm³/mol. The molecule has 2 N–H and O–H groups in total. The highest BCUT2D eigenvalue weighted by Gasteiger charge is 2.37. The Kier molecular flexibility index (Phi) is 7.47.